The molecule has 0 bridgehead atoms. The number of aromatic nitrogens is 3. The Bertz CT molecular complexity index is 296. The maximum atomic E-state index is 10.9. The van der Waals surface area contributed by atoms with Crippen LogP contribution in [0.3, 0.4) is 0 Å². The first-order valence-electron chi connectivity index (χ1n) is 3.82. The number of carbonyl (C=O) groups excluding carboxylic acids is 1. The molecule has 1 unspecified atom stereocenters. The van der Waals surface area contributed by atoms with Crippen molar-refractivity contribution in [3.63, 3.8) is 0 Å². The molecule has 1 aromatic rings. The summed E-state index contributed by atoms with van der Waals surface area (Å²) in [5.74, 6) is -0.439. The van der Waals surface area contributed by atoms with E-state index >= 15 is 0 Å². The number of aryl methyl sites for hydroxylation is 1. The number of methoxy groups -OCH3 is 1. The van der Waals surface area contributed by atoms with Crippen LogP contribution in [-0.2, 0) is 23.0 Å². The SMILES string of the molecule is COC(=O)C(N)Cc1cn(C)nn1. The van der Waals surface area contributed by atoms with Crippen LogP contribution in [0.2, 0.25) is 0 Å². The molecule has 0 saturated carbocycles. The zero-order chi connectivity index (χ0) is 9.84. The summed E-state index contributed by atoms with van der Waals surface area (Å²) in [6.07, 6.45) is 2.06. The molecule has 2 N–H and O–H groups in total. The molecule has 72 valence electrons. The minimum Gasteiger partial charge on any atom is -0.468 e. The predicted molar refractivity (Wildman–Crippen MR) is 44.7 cm³/mol. The summed E-state index contributed by atoms with van der Waals surface area (Å²) >= 11 is 0. The molecule has 1 aromatic heterocycles. The van der Waals surface area contributed by atoms with Crippen molar-refractivity contribution in [2.75, 3.05) is 7.11 Å². The Balaban J connectivity index is 2.54. The molecule has 0 aliphatic rings. The number of ether oxygens (including phenoxy) is 1. The molecule has 0 aliphatic heterocycles. The topological polar surface area (TPSA) is 83.0 Å². The van der Waals surface area contributed by atoms with Gasteiger partial charge in [0.25, 0.3) is 0 Å². The Labute approximate surface area is 75.7 Å². The fourth-order valence-corrected chi connectivity index (χ4v) is 0.949. The summed E-state index contributed by atoms with van der Waals surface area (Å²) in [5, 5.41) is 7.51. The molecule has 1 atom stereocenters. The van der Waals surface area contributed by atoms with Gasteiger partial charge >= 0.3 is 5.97 Å². The normalized spacial score (nSPS) is 12.5. The van der Waals surface area contributed by atoms with Crippen molar-refractivity contribution < 1.29 is 9.53 Å². The highest BCUT2D eigenvalue weighted by Crippen LogP contribution is 1.97. The summed E-state index contributed by atoms with van der Waals surface area (Å²) in [7, 11) is 3.05. The van der Waals surface area contributed by atoms with Crippen molar-refractivity contribution in [1.29, 1.82) is 0 Å². The quantitative estimate of drug-likeness (QED) is 0.600. The third-order valence-electron chi connectivity index (χ3n) is 1.58. The molecule has 1 rings (SSSR count). The molecular formula is C7H12N4O2. The van der Waals surface area contributed by atoms with Crippen LogP contribution in [0.25, 0.3) is 0 Å². The van der Waals surface area contributed by atoms with Gasteiger partial charge in [0.15, 0.2) is 0 Å². The summed E-state index contributed by atoms with van der Waals surface area (Å²) in [6.45, 7) is 0. The number of nitrogens with zero attached hydrogens (tertiary/aromatic N) is 3. The smallest absolute Gasteiger partial charge is 0.323 e. The lowest BCUT2D eigenvalue weighted by atomic mass is 10.2. The van der Waals surface area contributed by atoms with Crippen LogP contribution >= 0.6 is 0 Å². The molecule has 0 radical (unpaired) electrons. The zero-order valence-electron chi connectivity index (χ0n) is 7.60. The molecule has 0 amide bonds. The number of hydrogen-bond acceptors (Lipinski definition) is 5. The van der Waals surface area contributed by atoms with E-state index in [2.05, 4.69) is 15.0 Å². The van der Waals surface area contributed by atoms with Gasteiger partial charge in [0.2, 0.25) is 0 Å². The van der Waals surface area contributed by atoms with Crippen LogP contribution in [0.15, 0.2) is 6.20 Å². The largest absolute Gasteiger partial charge is 0.468 e. The highest BCUT2D eigenvalue weighted by atomic mass is 16.5. The fraction of sp³-hybridized carbons (Fsp3) is 0.571. The molecule has 0 aromatic carbocycles. The van der Waals surface area contributed by atoms with Crippen LogP contribution in [0.4, 0.5) is 0 Å². The number of hydrogen-bond donors (Lipinski definition) is 1. The third kappa shape index (κ3) is 2.51. The molecule has 13 heavy (non-hydrogen) atoms. The summed E-state index contributed by atoms with van der Waals surface area (Å²) in [5.41, 5.74) is 6.20. The zero-order valence-corrected chi connectivity index (χ0v) is 7.60. The van der Waals surface area contributed by atoms with E-state index in [-0.39, 0.29) is 0 Å². The van der Waals surface area contributed by atoms with Crippen LogP contribution in [-0.4, -0.2) is 34.1 Å². The Morgan fingerprint density at radius 3 is 3.00 bits per heavy atom. The van der Waals surface area contributed by atoms with Gasteiger partial charge < -0.3 is 10.5 Å². The fourth-order valence-electron chi connectivity index (χ4n) is 0.949. The monoisotopic (exact) mass is 184 g/mol. The molecule has 0 saturated heterocycles. The van der Waals surface area contributed by atoms with E-state index in [0.29, 0.717) is 12.1 Å². The third-order valence-corrected chi connectivity index (χ3v) is 1.58. The molecule has 0 spiro atoms. The first kappa shape index (κ1) is 9.66. The number of carbonyl (C=O) groups is 1. The average Bonchev–Trinajstić information content (AvgIpc) is 2.49. The van der Waals surface area contributed by atoms with Crippen LogP contribution in [0, 0.1) is 0 Å². The second kappa shape index (κ2) is 3.99. The maximum absolute atomic E-state index is 10.9. The van der Waals surface area contributed by atoms with Crippen molar-refractivity contribution in [3.05, 3.63) is 11.9 Å². The summed E-state index contributed by atoms with van der Waals surface area (Å²) < 4.78 is 6.03. The first-order chi connectivity index (χ1) is 6.13. The van der Waals surface area contributed by atoms with E-state index in [0.717, 1.165) is 0 Å². The van der Waals surface area contributed by atoms with Crippen LogP contribution < -0.4 is 5.73 Å². The van der Waals surface area contributed by atoms with E-state index < -0.39 is 12.0 Å². The molecule has 0 fully saturated rings. The van der Waals surface area contributed by atoms with Crippen molar-refractivity contribution in [2.45, 2.75) is 12.5 Å². The minimum absolute atomic E-state index is 0.348. The molecule has 1 heterocycles. The Morgan fingerprint density at radius 1 is 1.85 bits per heavy atom. The van der Waals surface area contributed by atoms with E-state index in [4.69, 9.17) is 5.73 Å². The lowest BCUT2D eigenvalue weighted by molar-refractivity contribution is -0.142. The minimum atomic E-state index is -0.665. The van der Waals surface area contributed by atoms with E-state index in [1.165, 1.54) is 7.11 Å². The van der Waals surface area contributed by atoms with Gasteiger partial charge in [-0.2, -0.15) is 0 Å². The Kier molecular flexibility index (Phi) is 2.97. The Hall–Kier alpha value is -1.43. The highest BCUT2D eigenvalue weighted by Gasteiger charge is 2.15. The van der Waals surface area contributed by atoms with E-state index in [1.54, 1.807) is 17.9 Å². The van der Waals surface area contributed by atoms with Gasteiger partial charge in [0, 0.05) is 19.7 Å². The molecular weight excluding hydrogens is 172 g/mol. The summed E-state index contributed by atoms with van der Waals surface area (Å²) in [4.78, 5) is 10.9. The highest BCUT2D eigenvalue weighted by molar-refractivity contribution is 5.75. The van der Waals surface area contributed by atoms with E-state index in [9.17, 15) is 4.79 Å². The van der Waals surface area contributed by atoms with E-state index in [1.807, 2.05) is 0 Å². The van der Waals surface area contributed by atoms with Gasteiger partial charge in [0.1, 0.15) is 6.04 Å². The second-order valence-electron chi connectivity index (χ2n) is 2.72. The predicted octanol–water partition coefficient (Wildman–Crippen LogP) is -1.14. The van der Waals surface area contributed by atoms with Crippen molar-refractivity contribution in [1.82, 2.24) is 15.0 Å². The van der Waals surface area contributed by atoms with Crippen LogP contribution in [0.1, 0.15) is 5.69 Å². The Morgan fingerprint density at radius 2 is 2.54 bits per heavy atom. The molecule has 6 nitrogen and oxygen atoms in total. The average molecular weight is 184 g/mol. The van der Waals surface area contributed by atoms with Gasteiger partial charge in [-0.05, 0) is 0 Å². The van der Waals surface area contributed by atoms with Gasteiger partial charge in [-0.15, -0.1) is 5.10 Å². The second-order valence-corrected chi connectivity index (χ2v) is 2.72. The van der Waals surface area contributed by atoms with Gasteiger partial charge in [0.05, 0.1) is 12.8 Å². The van der Waals surface area contributed by atoms with Gasteiger partial charge in [-0.1, -0.05) is 5.21 Å². The number of rotatable bonds is 3. The lowest BCUT2D eigenvalue weighted by Crippen LogP contribution is -2.33. The lowest BCUT2D eigenvalue weighted by Gasteiger charge is -2.05. The maximum Gasteiger partial charge on any atom is 0.323 e. The van der Waals surface area contributed by atoms with Crippen LogP contribution in [0.5, 0.6) is 0 Å². The van der Waals surface area contributed by atoms with Gasteiger partial charge in [-0.3, -0.25) is 9.48 Å². The van der Waals surface area contributed by atoms with Crippen molar-refractivity contribution in [2.24, 2.45) is 12.8 Å². The number of nitrogens with two attached hydrogens (primary N) is 1. The standard InChI is InChI=1S/C7H12N4O2/c1-11-4-5(9-10-11)3-6(8)7(12)13-2/h4,6H,3,8H2,1-2H3. The van der Waals surface area contributed by atoms with Gasteiger partial charge in [-0.25, -0.2) is 0 Å². The molecule has 0 aliphatic carbocycles. The first-order valence-corrected chi connectivity index (χ1v) is 3.82. The van der Waals surface area contributed by atoms with Crippen molar-refractivity contribution in [3.8, 4) is 0 Å². The van der Waals surface area contributed by atoms with Crippen molar-refractivity contribution >= 4 is 5.97 Å². The number of esters is 1. The summed E-state index contributed by atoms with van der Waals surface area (Å²) in [6, 6.07) is -0.665. The molecule has 6 heteroatoms.